The number of rotatable bonds is 1. The zero-order valence-electron chi connectivity index (χ0n) is 7.01. The second-order valence-corrected chi connectivity index (χ2v) is 3.33. The molecule has 2 nitrogen and oxygen atoms in total. The van der Waals surface area contributed by atoms with E-state index in [4.69, 9.17) is 5.73 Å². The van der Waals surface area contributed by atoms with Gasteiger partial charge in [0.05, 0.1) is 0 Å². The third kappa shape index (κ3) is 1.70. The summed E-state index contributed by atoms with van der Waals surface area (Å²) in [5.74, 6) is 0. The highest BCUT2D eigenvalue weighted by atomic mass is 15.1. The standard InChI is InChI=1S/C8H18N2/c1-3-8-6-7(9)4-5-10(8)2/h7-8H,3-6,9H2,1-2H3/t7-,8-/m1/s1. The summed E-state index contributed by atoms with van der Waals surface area (Å²) in [4.78, 5) is 2.42. The smallest absolute Gasteiger partial charge is 0.0104 e. The molecule has 60 valence electrons. The van der Waals surface area contributed by atoms with Crippen LogP contribution in [0, 0.1) is 0 Å². The van der Waals surface area contributed by atoms with Gasteiger partial charge in [-0.15, -0.1) is 0 Å². The molecular formula is C8H18N2. The minimum Gasteiger partial charge on any atom is -0.328 e. The van der Waals surface area contributed by atoms with Crippen LogP contribution in [0.3, 0.4) is 0 Å². The number of piperidine rings is 1. The highest BCUT2D eigenvalue weighted by Crippen LogP contribution is 2.16. The van der Waals surface area contributed by atoms with Crippen LogP contribution in [0.25, 0.3) is 0 Å². The van der Waals surface area contributed by atoms with Crippen LogP contribution < -0.4 is 5.73 Å². The molecule has 0 saturated carbocycles. The van der Waals surface area contributed by atoms with E-state index < -0.39 is 0 Å². The van der Waals surface area contributed by atoms with Crippen molar-refractivity contribution in [2.24, 2.45) is 5.73 Å². The Morgan fingerprint density at radius 1 is 1.60 bits per heavy atom. The Morgan fingerprint density at radius 3 is 2.80 bits per heavy atom. The molecular weight excluding hydrogens is 124 g/mol. The second kappa shape index (κ2) is 3.35. The molecule has 1 heterocycles. The van der Waals surface area contributed by atoms with E-state index in [-0.39, 0.29) is 0 Å². The lowest BCUT2D eigenvalue weighted by atomic mass is 9.97. The molecule has 0 aromatic carbocycles. The van der Waals surface area contributed by atoms with Crippen molar-refractivity contribution < 1.29 is 0 Å². The highest BCUT2D eigenvalue weighted by Gasteiger charge is 2.21. The lowest BCUT2D eigenvalue weighted by molar-refractivity contribution is 0.166. The summed E-state index contributed by atoms with van der Waals surface area (Å²) in [5.41, 5.74) is 5.84. The van der Waals surface area contributed by atoms with Gasteiger partial charge < -0.3 is 10.6 Å². The predicted octanol–water partition coefficient (Wildman–Crippen LogP) is 0.818. The maximum absolute atomic E-state index is 5.84. The fourth-order valence-electron chi connectivity index (χ4n) is 1.68. The molecule has 1 fully saturated rings. The van der Waals surface area contributed by atoms with Crippen molar-refractivity contribution in [3.63, 3.8) is 0 Å². The SMILES string of the molecule is CC[C@@H]1C[C@H](N)CCN1C. The van der Waals surface area contributed by atoms with E-state index in [2.05, 4.69) is 18.9 Å². The van der Waals surface area contributed by atoms with Crippen molar-refractivity contribution in [3.8, 4) is 0 Å². The average Bonchev–Trinajstić information content (AvgIpc) is 1.94. The highest BCUT2D eigenvalue weighted by molar-refractivity contribution is 4.80. The lowest BCUT2D eigenvalue weighted by Crippen LogP contribution is -2.44. The molecule has 2 atom stereocenters. The van der Waals surface area contributed by atoms with E-state index in [0.717, 1.165) is 6.04 Å². The number of hydrogen-bond donors (Lipinski definition) is 1. The number of hydrogen-bond acceptors (Lipinski definition) is 2. The minimum atomic E-state index is 0.459. The van der Waals surface area contributed by atoms with Crippen molar-refractivity contribution in [3.05, 3.63) is 0 Å². The molecule has 2 N–H and O–H groups in total. The first-order chi connectivity index (χ1) is 4.74. The molecule has 1 rings (SSSR count). The van der Waals surface area contributed by atoms with Gasteiger partial charge in [-0.1, -0.05) is 6.92 Å². The van der Waals surface area contributed by atoms with Crippen molar-refractivity contribution in [2.45, 2.75) is 38.3 Å². The van der Waals surface area contributed by atoms with Gasteiger partial charge in [0.15, 0.2) is 0 Å². The van der Waals surface area contributed by atoms with Gasteiger partial charge in [-0.05, 0) is 32.9 Å². The minimum absolute atomic E-state index is 0.459. The third-order valence-corrected chi connectivity index (χ3v) is 2.52. The monoisotopic (exact) mass is 142 g/mol. The molecule has 2 heteroatoms. The van der Waals surface area contributed by atoms with Crippen LogP contribution in [0.5, 0.6) is 0 Å². The van der Waals surface area contributed by atoms with Gasteiger partial charge in [-0.3, -0.25) is 0 Å². The van der Waals surface area contributed by atoms with Gasteiger partial charge in [-0.2, -0.15) is 0 Å². The summed E-state index contributed by atoms with van der Waals surface area (Å²) < 4.78 is 0. The summed E-state index contributed by atoms with van der Waals surface area (Å²) in [6.07, 6.45) is 3.60. The van der Waals surface area contributed by atoms with Gasteiger partial charge in [0.2, 0.25) is 0 Å². The molecule has 0 aliphatic carbocycles. The first kappa shape index (κ1) is 8.02. The molecule has 10 heavy (non-hydrogen) atoms. The predicted molar refractivity (Wildman–Crippen MR) is 43.9 cm³/mol. The van der Waals surface area contributed by atoms with E-state index >= 15 is 0 Å². The quantitative estimate of drug-likeness (QED) is 0.587. The summed E-state index contributed by atoms with van der Waals surface area (Å²) in [6.45, 7) is 3.42. The molecule has 1 saturated heterocycles. The van der Waals surface area contributed by atoms with Crippen LogP contribution in [0.2, 0.25) is 0 Å². The fourth-order valence-corrected chi connectivity index (χ4v) is 1.68. The van der Waals surface area contributed by atoms with E-state index in [1.807, 2.05) is 0 Å². The van der Waals surface area contributed by atoms with E-state index in [9.17, 15) is 0 Å². The van der Waals surface area contributed by atoms with Crippen molar-refractivity contribution in [1.29, 1.82) is 0 Å². The van der Waals surface area contributed by atoms with Crippen LogP contribution in [0.1, 0.15) is 26.2 Å². The number of likely N-dealkylation sites (tertiary alicyclic amines) is 1. The van der Waals surface area contributed by atoms with Crippen LogP contribution in [0.4, 0.5) is 0 Å². The molecule has 0 radical (unpaired) electrons. The lowest BCUT2D eigenvalue weighted by Gasteiger charge is -2.34. The molecule has 1 aliphatic heterocycles. The molecule has 0 spiro atoms. The molecule has 1 aliphatic rings. The van der Waals surface area contributed by atoms with Crippen LogP contribution in [-0.2, 0) is 0 Å². The zero-order chi connectivity index (χ0) is 7.56. The summed E-state index contributed by atoms with van der Waals surface area (Å²) >= 11 is 0. The normalized spacial score (nSPS) is 36.3. The Hall–Kier alpha value is -0.0800. The largest absolute Gasteiger partial charge is 0.328 e. The van der Waals surface area contributed by atoms with E-state index in [1.165, 1.54) is 25.8 Å². The topological polar surface area (TPSA) is 29.3 Å². The van der Waals surface area contributed by atoms with Crippen molar-refractivity contribution in [1.82, 2.24) is 4.90 Å². The van der Waals surface area contributed by atoms with Crippen LogP contribution in [0.15, 0.2) is 0 Å². The van der Waals surface area contributed by atoms with Crippen LogP contribution >= 0.6 is 0 Å². The number of nitrogens with zero attached hydrogens (tertiary/aromatic N) is 1. The Labute approximate surface area is 63.4 Å². The maximum Gasteiger partial charge on any atom is 0.0104 e. The Kier molecular flexibility index (Phi) is 2.69. The van der Waals surface area contributed by atoms with Gasteiger partial charge in [0.1, 0.15) is 0 Å². The fraction of sp³-hybridized carbons (Fsp3) is 1.00. The summed E-state index contributed by atoms with van der Waals surface area (Å²) in [6, 6.07) is 1.20. The molecule has 0 bridgehead atoms. The Morgan fingerprint density at radius 2 is 2.30 bits per heavy atom. The first-order valence-electron chi connectivity index (χ1n) is 4.20. The van der Waals surface area contributed by atoms with Crippen molar-refractivity contribution >= 4 is 0 Å². The Balaban J connectivity index is 2.38. The second-order valence-electron chi connectivity index (χ2n) is 3.33. The number of nitrogens with two attached hydrogens (primary N) is 1. The molecule has 0 unspecified atom stereocenters. The van der Waals surface area contributed by atoms with Gasteiger partial charge in [0, 0.05) is 12.1 Å². The van der Waals surface area contributed by atoms with Crippen molar-refractivity contribution in [2.75, 3.05) is 13.6 Å². The summed E-state index contributed by atoms with van der Waals surface area (Å²) in [5, 5.41) is 0. The van der Waals surface area contributed by atoms with Gasteiger partial charge in [0.25, 0.3) is 0 Å². The first-order valence-corrected chi connectivity index (χ1v) is 4.20. The maximum atomic E-state index is 5.84. The Bertz CT molecular complexity index is 103. The average molecular weight is 142 g/mol. The summed E-state index contributed by atoms with van der Waals surface area (Å²) in [7, 11) is 2.19. The molecule has 0 amide bonds. The van der Waals surface area contributed by atoms with Gasteiger partial charge >= 0.3 is 0 Å². The van der Waals surface area contributed by atoms with E-state index in [0.29, 0.717) is 6.04 Å². The molecule has 0 aromatic rings. The molecule has 0 aromatic heterocycles. The zero-order valence-corrected chi connectivity index (χ0v) is 7.01. The van der Waals surface area contributed by atoms with E-state index in [1.54, 1.807) is 0 Å². The third-order valence-electron chi connectivity index (χ3n) is 2.52. The van der Waals surface area contributed by atoms with Crippen LogP contribution in [-0.4, -0.2) is 30.6 Å². The van der Waals surface area contributed by atoms with Gasteiger partial charge in [-0.25, -0.2) is 0 Å².